The summed E-state index contributed by atoms with van der Waals surface area (Å²) in [6, 6.07) is 13.9. The summed E-state index contributed by atoms with van der Waals surface area (Å²) in [5.74, 6) is -0.874. The van der Waals surface area contributed by atoms with Crippen LogP contribution in [0.25, 0.3) is 0 Å². The molecule has 2 amide bonds. The highest BCUT2D eigenvalue weighted by atomic mass is 16.5. The molecule has 6 heteroatoms. The van der Waals surface area contributed by atoms with Gasteiger partial charge < -0.3 is 15.4 Å². The summed E-state index contributed by atoms with van der Waals surface area (Å²) >= 11 is 0. The molecule has 0 aromatic heterocycles. The topological polar surface area (TPSA) is 84.5 Å². The summed E-state index contributed by atoms with van der Waals surface area (Å²) < 4.78 is 4.63. The Bertz CT molecular complexity index is 834. The van der Waals surface area contributed by atoms with Crippen molar-refractivity contribution in [2.45, 2.75) is 32.6 Å². The van der Waals surface area contributed by atoms with Gasteiger partial charge in [0.2, 0.25) is 5.91 Å². The SMILES string of the molecule is COC(=O)c1ccc(NC(=O)CCNC(=O)c2ccc(C(C)(C)C)cc2)cc1. The van der Waals surface area contributed by atoms with E-state index in [9.17, 15) is 14.4 Å². The van der Waals surface area contributed by atoms with Gasteiger partial charge in [-0.1, -0.05) is 32.9 Å². The first kappa shape index (κ1) is 21.2. The number of hydrogen-bond donors (Lipinski definition) is 2. The van der Waals surface area contributed by atoms with Gasteiger partial charge in [-0.25, -0.2) is 4.79 Å². The van der Waals surface area contributed by atoms with Crippen molar-refractivity contribution in [3.05, 3.63) is 65.2 Å². The normalized spacial score (nSPS) is 10.9. The highest BCUT2D eigenvalue weighted by Crippen LogP contribution is 2.22. The molecule has 6 nitrogen and oxygen atoms in total. The first-order chi connectivity index (χ1) is 13.2. The highest BCUT2D eigenvalue weighted by molar-refractivity contribution is 5.95. The molecular weight excluding hydrogens is 356 g/mol. The molecule has 148 valence electrons. The number of esters is 1. The van der Waals surface area contributed by atoms with Crippen molar-refractivity contribution in [1.82, 2.24) is 5.32 Å². The Hall–Kier alpha value is -3.15. The number of methoxy groups -OCH3 is 1. The molecule has 0 unspecified atom stereocenters. The van der Waals surface area contributed by atoms with Crippen LogP contribution in [0.4, 0.5) is 5.69 Å². The van der Waals surface area contributed by atoms with Crippen molar-refractivity contribution < 1.29 is 19.1 Å². The second-order valence-electron chi connectivity index (χ2n) is 7.45. The van der Waals surface area contributed by atoms with E-state index in [4.69, 9.17) is 0 Å². The van der Waals surface area contributed by atoms with E-state index in [1.54, 1.807) is 36.4 Å². The van der Waals surface area contributed by atoms with Crippen LogP contribution in [0.1, 0.15) is 53.5 Å². The number of rotatable bonds is 6. The van der Waals surface area contributed by atoms with E-state index in [1.165, 1.54) is 7.11 Å². The smallest absolute Gasteiger partial charge is 0.337 e. The van der Waals surface area contributed by atoms with Crippen LogP contribution in [0, 0.1) is 0 Å². The molecule has 28 heavy (non-hydrogen) atoms. The van der Waals surface area contributed by atoms with Gasteiger partial charge in [-0.3, -0.25) is 9.59 Å². The summed E-state index contributed by atoms with van der Waals surface area (Å²) in [5, 5.41) is 5.47. The number of hydrogen-bond acceptors (Lipinski definition) is 4. The van der Waals surface area contributed by atoms with Crippen LogP contribution in [0.3, 0.4) is 0 Å². The number of benzene rings is 2. The van der Waals surface area contributed by atoms with Crippen LogP contribution in [0.15, 0.2) is 48.5 Å². The van der Waals surface area contributed by atoms with Crippen molar-refractivity contribution >= 4 is 23.5 Å². The molecule has 0 atom stereocenters. The van der Waals surface area contributed by atoms with Gasteiger partial charge in [0, 0.05) is 24.2 Å². The maximum absolute atomic E-state index is 12.2. The van der Waals surface area contributed by atoms with Crippen molar-refractivity contribution in [1.29, 1.82) is 0 Å². The Labute approximate surface area is 165 Å². The van der Waals surface area contributed by atoms with E-state index in [1.807, 2.05) is 12.1 Å². The standard InChI is InChI=1S/C22H26N2O4/c1-22(2,3)17-9-5-15(6-10-17)20(26)23-14-13-19(25)24-18-11-7-16(8-12-18)21(27)28-4/h5-12H,13-14H2,1-4H3,(H,23,26)(H,24,25). The molecule has 0 saturated heterocycles. The van der Waals surface area contributed by atoms with Gasteiger partial charge in [-0.15, -0.1) is 0 Å². The molecule has 0 aliphatic heterocycles. The molecule has 0 saturated carbocycles. The van der Waals surface area contributed by atoms with Gasteiger partial charge in [-0.05, 0) is 47.4 Å². The molecule has 0 aliphatic rings. The zero-order chi connectivity index (χ0) is 20.7. The Morgan fingerprint density at radius 2 is 1.46 bits per heavy atom. The van der Waals surface area contributed by atoms with Crippen LogP contribution < -0.4 is 10.6 Å². The first-order valence-corrected chi connectivity index (χ1v) is 9.07. The maximum atomic E-state index is 12.2. The Balaban J connectivity index is 1.80. The lowest BCUT2D eigenvalue weighted by atomic mass is 9.87. The predicted octanol–water partition coefficient (Wildman–Crippen LogP) is 3.53. The van der Waals surface area contributed by atoms with Gasteiger partial charge in [0.25, 0.3) is 5.91 Å². The quantitative estimate of drug-likeness (QED) is 0.749. The lowest BCUT2D eigenvalue weighted by molar-refractivity contribution is -0.116. The summed E-state index contributed by atoms with van der Waals surface area (Å²) in [5.41, 5.74) is 2.72. The van der Waals surface area contributed by atoms with Gasteiger partial charge in [0.1, 0.15) is 0 Å². The molecular formula is C22H26N2O4. The molecule has 0 radical (unpaired) electrons. The van der Waals surface area contributed by atoms with E-state index in [-0.39, 0.29) is 30.2 Å². The number of amides is 2. The van der Waals surface area contributed by atoms with Crippen LogP contribution in [-0.2, 0) is 14.9 Å². The fraction of sp³-hybridized carbons (Fsp3) is 0.318. The lowest BCUT2D eigenvalue weighted by Crippen LogP contribution is -2.27. The second-order valence-corrected chi connectivity index (χ2v) is 7.45. The minimum Gasteiger partial charge on any atom is -0.465 e. The van der Waals surface area contributed by atoms with Gasteiger partial charge in [-0.2, -0.15) is 0 Å². The van der Waals surface area contributed by atoms with Crippen molar-refractivity contribution in [2.75, 3.05) is 19.0 Å². The number of nitrogens with one attached hydrogen (secondary N) is 2. The fourth-order valence-electron chi connectivity index (χ4n) is 2.54. The Morgan fingerprint density at radius 3 is 2.00 bits per heavy atom. The minimum absolute atomic E-state index is 0.0299. The van der Waals surface area contributed by atoms with Crippen molar-refractivity contribution in [2.24, 2.45) is 0 Å². The Kier molecular flexibility index (Phi) is 6.93. The molecule has 2 N–H and O–H groups in total. The third-order valence-corrected chi connectivity index (χ3v) is 4.24. The number of anilines is 1. The highest BCUT2D eigenvalue weighted by Gasteiger charge is 2.14. The van der Waals surface area contributed by atoms with Crippen LogP contribution in [0.2, 0.25) is 0 Å². The molecule has 0 fully saturated rings. The van der Waals surface area contributed by atoms with E-state index in [2.05, 4.69) is 36.1 Å². The third-order valence-electron chi connectivity index (χ3n) is 4.24. The van der Waals surface area contributed by atoms with Crippen molar-refractivity contribution in [3.8, 4) is 0 Å². The van der Waals surface area contributed by atoms with E-state index in [0.29, 0.717) is 16.8 Å². The van der Waals surface area contributed by atoms with Crippen LogP contribution in [-0.4, -0.2) is 31.4 Å². The van der Waals surface area contributed by atoms with Gasteiger partial charge in [0.05, 0.1) is 12.7 Å². The minimum atomic E-state index is -0.434. The molecule has 2 aromatic carbocycles. The van der Waals surface area contributed by atoms with E-state index in [0.717, 1.165) is 5.56 Å². The average molecular weight is 382 g/mol. The lowest BCUT2D eigenvalue weighted by Gasteiger charge is -2.19. The van der Waals surface area contributed by atoms with Crippen LogP contribution >= 0.6 is 0 Å². The molecule has 2 rings (SSSR count). The number of carbonyl (C=O) groups is 3. The second kappa shape index (κ2) is 9.17. The first-order valence-electron chi connectivity index (χ1n) is 9.07. The number of carbonyl (C=O) groups excluding carboxylic acids is 3. The molecule has 0 spiro atoms. The monoisotopic (exact) mass is 382 g/mol. The summed E-state index contributed by atoms with van der Waals surface area (Å²) in [7, 11) is 1.31. The third kappa shape index (κ3) is 5.94. The van der Waals surface area contributed by atoms with Crippen LogP contribution in [0.5, 0.6) is 0 Å². The molecule has 2 aromatic rings. The summed E-state index contributed by atoms with van der Waals surface area (Å²) in [6.07, 6.45) is 0.143. The Morgan fingerprint density at radius 1 is 0.893 bits per heavy atom. The fourth-order valence-corrected chi connectivity index (χ4v) is 2.54. The maximum Gasteiger partial charge on any atom is 0.337 e. The van der Waals surface area contributed by atoms with Gasteiger partial charge >= 0.3 is 5.97 Å². The summed E-state index contributed by atoms with van der Waals surface area (Å²) in [6.45, 7) is 6.57. The average Bonchev–Trinajstić information content (AvgIpc) is 2.67. The predicted molar refractivity (Wildman–Crippen MR) is 109 cm³/mol. The van der Waals surface area contributed by atoms with E-state index >= 15 is 0 Å². The number of ether oxygens (including phenoxy) is 1. The zero-order valence-corrected chi connectivity index (χ0v) is 16.7. The van der Waals surface area contributed by atoms with Crippen molar-refractivity contribution in [3.63, 3.8) is 0 Å². The van der Waals surface area contributed by atoms with E-state index < -0.39 is 5.97 Å². The molecule has 0 aliphatic carbocycles. The molecule has 0 bridgehead atoms. The largest absolute Gasteiger partial charge is 0.465 e. The zero-order valence-electron chi connectivity index (χ0n) is 16.7. The summed E-state index contributed by atoms with van der Waals surface area (Å²) in [4.78, 5) is 35.6. The van der Waals surface area contributed by atoms with Gasteiger partial charge in [0.15, 0.2) is 0 Å². The molecule has 0 heterocycles.